The number of carbonyl (C=O) groups is 1. The van der Waals surface area contributed by atoms with Crippen LogP contribution in [0.25, 0.3) is 0 Å². The molecule has 0 aromatic heterocycles. The van der Waals surface area contributed by atoms with E-state index in [2.05, 4.69) is 0 Å². The maximum absolute atomic E-state index is 12.9. The first kappa shape index (κ1) is 19.9. The summed E-state index contributed by atoms with van der Waals surface area (Å²) in [6.07, 6.45) is -4.84. The molecule has 1 saturated carbocycles. The highest BCUT2D eigenvalue weighted by Crippen LogP contribution is 2.57. The fourth-order valence-corrected chi connectivity index (χ4v) is 4.28. The molecule has 6 nitrogen and oxygen atoms in total. The van der Waals surface area contributed by atoms with Crippen molar-refractivity contribution in [2.75, 3.05) is 19.3 Å². The number of alkyl halides is 3. The van der Waals surface area contributed by atoms with Crippen LogP contribution in [0.15, 0.2) is 23.1 Å². The lowest BCUT2D eigenvalue weighted by Crippen LogP contribution is -2.33. The molecule has 0 bridgehead atoms. The van der Waals surface area contributed by atoms with Gasteiger partial charge in [-0.2, -0.15) is 13.2 Å². The number of halogens is 3. The Bertz CT molecular complexity index is 871. The minimum absolute atomic E-state index is 0.00140. The van der Waals surface area contributed by atoms with Gasteiger partial charge in [0.25, 0.3) is 0 Å². The molecule has 0 spiro atoms. The van der Waals surface area contributed by atoms with Gasteiger partial charge in [-0.3, -0.25) is 9.69 Å². The number of nitrogens with two attached hydrogens (primary N) is 1. The van der Waals surface area contributed by atoms with Crippen molar-refractivity contribution in [2.45, 2.75) is 37.1 Å². The summed E-state index contributed by atoms with van der Waals surface area (Å²) in [5, 5.41) is 0. The van der Waals surface area contributed by atoms with Crippen molar-refractivity contribution in [2.24, 2.45) is 17.1 Å². The van der Waals surface area contributed by atoms with Crippen LogP contribution < -0.4 is 10.5 Å². The number of amides is 1. The number of likely N-dealkylation sites (tertiary alicyclic amines) is 1. The number of hydrogen-bond donors (Lipinski definition) is 1. The zero-order chi connectivity index (χ0) is 20.2. The van der Waals surface area contributed by atoms with Gasteiger partial charge in [-0.15, -0.1) is 0 Å². The monoisotopic (exact) mass is 406 g/mol. The summed E-state index contributed by atoms with van der Waals surface area (Å²) in [7, 11) is -3.53. The minimum Gasteiger partial charge on any atom is -0.481 e. The average molecular weight is 406 g/mol. The molecular weight excluding hydrogens is 385 g/mol. The summed E-state index contributed by atoms with van der Waals surface area (Å²) < 4.78 is 67.3. The Hall–Kier alpha value is -1.81. The number of sulfone groups is 1. The first-order valence-electron chi connectivity index (χ1n) is 8.41. The predicted octanol–water partition coefficient (Wildman–Crippen LogP) is 1.73. The van der Waals surface area contributed by atoms with Crippen LogP contribution in [-0.4, -0.2) is 50.9 Å². The summed E-state index contributed by atoms with van der Waals surface area (Å²) in [4.78, 5) is 13.5. The van der Waals surface area contributed by atoms with E-state index < -0.39 is 27.5 Å². The van der Waals surface area contributed by atoms with Crippen molar-refractivity contribution in [3.8, 4) is 5.75 Å². The Morgan fingerprint density at radius 1 is 1.44 bits per heavy atom. The number of fused-ring (bicyclic) bond motifs is 1. The first-order valence-corrected chi connectivity index (χ1v) is 10.3. The minimum atomic E-state index is -4.54. The van der Waals surface area contributed by atoms with Gasteiger partial charge in [-0.1, -0.05) is 0 Å². The molecule has 150 valence electrons. The Morgan fingerprint density at radius 3 is 2.63 bits per heavy atom. The van der Waals surface area contributed by atoms with Crippen LogP contribution >= 0.6 is 0 Å². The molecule has 2 aliphatic rings. The van der Waals surface area contributed by atoms with Crippen LogP contribution in [0.3, 0.4) is 0 Å². The summed E-state index contributed by atoms with van der Waals surface area (Å²) in [5.41, 5.74) is 5.23. The second kappa shape index (κ2) is 6.37. The molecule has 1 aliphatic heterocycles. The van der Waals surface area contributed by atoms with E-state index in [4.69, 9.17) is 10.5 Å². The molecule has 1 saturated heterocycles. The number of piperidine rings is 1. The lowest BCUT2D eigenvalue weighted by Gasteiger charge is -2.24. The highest BCUT2D eigenvalue weighted by atomic mass is 32.2. The number of primary amides is 1. The Balaban J connectivity index is 1.86. The largest absolute Gasteiger partial charge is 0.481 e. The van der Waals surface area contributed by atoms with E-state index in [1.807, 2.05) is 4.90 Å². The van der Waals surface area contributed by atoms with Gasteiger partial charge in [-0.25, -0.2) is 8.42 Å². The van der Waals surface area contributed by atoms with E-state index in [1.165, 1.54) is 18.2 Å². The van der Waals surface area contributed by atoms with E-state index in [-0.39, 0.29) is 29.0 Å². The summed E-state index contributed by atoms with van der Waals surface area (Å²) in [6, 6.07) is 3.80. The number of hydrogen-bond acceptors (Lipinski definition) is 5. The van der Waals surface area contributed by atoms with Crippen LogP contribution in [0, 0.1) is 11.3 Å². The SMILES string of the molecule is C[C@H](Oc1ccc(S(C)(=O)=O)cc1CN1CC2CC2(C(N)=O)C1)C(F)(F)F. The van der Waals surface area contributed by atoms with Gasteiger partial charge in [0, 0.05) is 31.5 Å². The third-order valence-electron chi connectivity index (χ3n) is 5.33. The van der Waals surface area contributed by atoms with Gasteiger partial charge in [-0.05, 0) is 37.5 Å². The predicted molar refractivity (Wildman–Crippen MR) is 90.7 cm³/mol. The highest BCUT2D eigenvalue weighted by molar-refractivity contribution is 7.90. The van der Waals surface area contributed by atoms with Gasteiger partial charge in [0.1, 0.15) is 5.75 Å². The topological polar surface area (TPSA) is 89.7 Å². The second-order valence-corrected chi connectivity index (χ2v) is 9.45. The molecule has 1 amide bonds. The van der Waals surface area contributed by atoms with Gasteiger partial charge in [0.2, 0.25) is 5.91 Å². The van der Waals surface area contributed by atoms with Crippen molar-refractivity contribution in [1.29, 1.82) is 0 Å². The molecule has 3 atom stereocenters. The molecule has 1 aliphatic carbocycles. The lowest BCUT2D eigenvalue weighted by molar-refractivity contribution is -0.189. The van der Waals surface area contributed by atoms with E-state index in [0.29, 0.717) is 18.7 Å². The fourth-order valence-electron chi connectivity index (χ4n) is 3.61. The maximum Gasteiger partial charge on any atom is 0.425 e. The zero-order valence-electron chi connectivity index (χ0n) is 14.9. The molecule has 1 aromatic rings. The first-order chi connectivity index (χ1) is 12.3. The summed E-state index contributed by atoms with van der Waals surface area (Å²) >= 11 is 0. The molecule has 27 heavy (non-hydrogen) atoms. The molecule has 2 fully saturated rings. The highest BCUT2D eigenvalue weighted by Gasteiger charge is 2.63. The van der Waals surface area contributed by atoms with Crippen LogP contribution in [-0.2, 0) is 21.2 Å². The standard InChI is InChI=1S/C17H21F3N2O4S/c1-10(17(18,19)20)26-14-4-3-13(27(2,24)25)5-11(14)7-22-8-12-6-16(12,9-22)15(21)23/h3-5,10,12H,6-9H2,1-2H3,(H2,21,23)/t10-,12?,16?/m0/s1. The Labute approximate surface area is 155 Å². The normalized spacial score (nSPS) is 26.5. The van der Waals surface area contributed by atoms with Crippen molar-refractivity contribution >= 4 is 15.7 Å². The number of carbonyl (C=O) groups excluding carboxylic acids is 1. The van der Waals surface area contributed by atoms with Crippen molar-refractivity contribution in [1.82, 2.24) is 4.90 Å². The van der Waals surface area contributed by atoms with E-state index in [9.17, 15) is 26.4 Å². The van der Waals surface area contributed by atoms with Crippen LogP contribution in [0.1, 0.15) is 18.9 Å². The van der Waals surface area contributed by atoms with Crippen molar-refractivity contribution < 1.29 is 31.1 Å². The van der Waals surface area contributed by atoms with Gasteiger partial charge in [0.15, 0.2) is 15.9 Å². The van der Waals surface area contributed by atoms with Crippen LogP contribution in [0.4, 0.5) is 13.2 Å². The quantitative estimate of drug-likeness (QED) is 0.777. The third kappa shape index (κ3) is 3.91. The van der Waals surface area contributed by atoms with Crippen molar-refractivity contribution in [3.63, 3.8) is 0 Å². The average Bonchev–Trinajstić information content (AvgIpc) is 3.10. The van der Waals surface area contributed by atoms with Crippen LogP contribution in [0.2, 0.25) is 0 Å². The smallest absolute Gasteiger partial charge is 0.425 e. The van der Waals surface area contributed by atoms with Gasteiger partial charge < -0.3 is 10.5 Å². The molecule has 1 heterocycles. The fraction of sp³-hybridized carbons (Fsp3) is 0.588. The summed E-state index contributed by atoms with van der Waals surface area (Å²) in [6.45, 7) is 2.06. The molecule has 1 aromatic carbocycles. The Kier molecular flexibility index (Phi) is 4.70. The molecule has 3 rings (SSSR count). The number of nitrogens with zero attached hydrogens (tertiary/aromatic N) is 1. The molecule has 10 heteroatoms. The molecule has 0 radical (unpaired) electrons. The van der Waals surface area contributed by atoms with Gasteiger partial charge >= 0.3 is 6.18 Å². The van der Waals surface area contributed by atoms with E-state index >= 15 is 0 Å². The number of ether oxygens (including phenoxy) is 1. The molecular formula is C17H21F3N2O4S. The van der Waals surface area contributed by atoms with Gasteiger partial charge in [0.05, 0.1) is 10.3 Å². The maximum atomic E-state index is 12.9. The second-order valence-electron chi connectivity index (χ2n) is 7.43. The van der Waals surface area contributed by atoms with Crippen molar-refractivity contribution in [3.05, 3.63) is 23.8 Å². The van der Waals surface area contributed by atoms with E-state index in [0.717, 1.165) is 19.6 Å². The van der Waals surface area contributed by atoms with Crippen LogP contribution in [0.5, 0.6) is 5.75 Å². The zero-order valence-corrected chi connectivity index (χ0v) is 15.7. The third-order valence-corrected chi connectivity index (χ3v) is 6.44. The summed E-state index contributed by atoms with van der Waals surface area (Å²) in [5.74, 6) is -0.255. The molecule has 2 N–H and O–H groups in total. The lowest BCUT2D eigenvalue weighted by atomic mass is 10.1. The molecule has 2 unspecified atom stereocenters. The van der Waals surface area contributed by atoms with E-state index in [1.54, 1.807) is 0 Å². The number of benzene rings is 1. The number of rotatable bonds is 6. The Morgan fingerprint density at radius 2 is 2.11 bits per heavy atom.